The summed E-state index contributed by atoms with van der Waals surface area (Å²) in [5.41, 5.74) is 6.83. The number of carboxylic acids is 2. The highest BCUT2D eigenvalue weighted by molar-refractivity contribution is 7.98. The molecule has 1 heterocycles. The predicted molar refractivity (Wildman–Crippen MR) is 145 cm³/mol. The molecule has 0 radical (unpaired) electrons. The first-order valence-electron chi connectivity index (χ1n) is 12.4. The van der Waals surface area contributed by atoms with Crippen LogP contribution in [0.2, 0.25) is 0 Å². The van der Waals surface area contributed by atoms with Gasteiger partial charge in [0.1, 0.15) is 23.9 Å². The molecule has 0 aliphatic heterocycles. The number of carbonyl (C=O) groups is 5. The Hall–Kier alpha value is -4.11. The average Bonchev–Trinajstić information content (AvgIpc) is 3.42. The Morgan fingerprint density at radius 2 is 1.55 bits per heavy atom. The molecule has 4 atom stereocenters. The number of aromatic amines is 1. The Bertz CT molecular complexity index is 1140. The summed E-state index contributed by atoms with van der Waals surface area (Å²) in [6, 6.07) is 1.05. The molecule has 9 N–H and O–H groups in total. The van der Waals surface area contributed by atoms with E-state index in [0.29, 0.717) is 17.0 Å². The van der Waals surface area contributed by atoms with E-state index in [-0.39, 0.29) is 37.9 Å². The van der Waals surface area contributed by atoms with Crippen LogP contribution in [0.3, 0.4) is 0 Å². The lowest BCUT2D eigenvalue weighted by molar-refractivity contribution is -0.142. The van der Waals surface area contributed by atoms with Gasteiger partial charge in [-0.3, -0.25) is 19.2 Å². The molecule has 0 aliphatic rings. The molecule has 0 spiro atoms. The fraction of sp³-hybridized carbons (Fsp3) is 0.440. The number of amides is 3. The maximum atomic E-state index is 13.2. The van der Waals surface area contributed by atoms with Gasteiger partial charge in [0.25, 0.3) is 0 Å². The van der Waals surface area contributed by atoms with E-state index in [4.69, 9.17) is 10.8 Å². The van der Waals surface area contributed by atoms with E-state index in [0.717, 1.165) is 0 Å². The minimum Gasteiger partial charge on any atom is -0.508 e. The third-order valence-electron chi connectivity index (χ3n) is 5.85. The second kappa shape index (κ2) is 16.1. The number of carboxylic acid groups (broad SMARTS) is 2. The van der Waals surface area contributed by atoms with E-state index >= 15 is 0 Å². The number of aliphatic carboxylic acids is 2. The van der Waals surface area contributed by atoms with Crippen LogP contribution in [0.4, 0.5) is 0 Å². The fourth-order valence-corrected chi connectivity index (χ4v) is 4.10. The molecule has 2 rings (SSSR count). The fourth-order valence-electron chi connectivity index (χ4n) is 3.63. The van der Waals surface area contributed by atoms with Gasteiger partial charge in [-0.1, -0.05) is 12.1 Å². The molecule has 1 aromatic heterocycles. The lowest BCUT2D eigenvalue weighted by atomic mass is 10.0. The summed E-state index contributed by atoms with van der Waals surface area (Å²) in [7, 11) is 0. The van der Waals surface area contributed by atoms with Crippen molar-refractivity contribution >= 4 is 41.4 Å². The van der Waals surface area contributed by atoms with Crippen molar-refractivity contribution in [3.8, 4) is 5.75 Å². The van der Waals surface area contributed by atoms with Crippen LogP contribution in [0.25, 0.3) is 0 Å². The number of imidazole rings is 1. The number of hydrogen-bond donors (Lipinski definition) is 8. The number of phenolic OH excluding ortho intramolecular Hbond substituents is 1. The first-order chi connectivity index (χ1) is 19.0. The molecule has 2 aromatic rings. The average molecular weight is 579 g/mol. The second-order valence-electron chi connectivity index (χ2n) is 8.99. The van der Waals surface area contributed by atoms with Crippen molar-refractivity contribution in [3.05, 3.63) is 48.0 Å². The molecular weight excluding hydrogens is 544 g/mol. The van der Waals surface area contributed by atoms with Crippen LogP contribution in [0, 0.1) is 0 Å². The zero-order chi connectivity index (χ0) is 29.7. The molecule has 3 amide bonds. The van der Waals surface area contributed by atoms with Crippen LogP contribution in [0.5, 0.6) is 5.75 Å². The minimum absolute atomic E-state index is 0.00737. The SMILES string of the molecule is CSCCC(NC(=O)C(N)CCC(=O)O)C(=O)NC(Cc1cnc[nH]1)C(=O)NC(Cc1ccc(O)cc1)C(=O)O. The highest BCUT2D eigenvalue weighted by Crippen LogP contribution is 2.12. The summed E-state index contributed by atoms with van der Waals surface area (Å²) >= 11 is 1.43. The van der Waals surface area contributed by atoms with Crippen LogP contribution >= 0.6 is 11.8 Å². The third-order valence-corrected chi connectivity index (χ3v) is 6.50. The number of aromatic nitrogens is 2. The number of thioether (sulfide) groups is 1. The van der Waals surface area contributed by atoms with E-state index in [1.165, 1.54) is 48.6 Å². The molecule has 0 bridgehead atoms. The van der Waals surface area contributed by atoms with E-state index in [9.17, 15) is 34.2 Å². The number of H-pyrrole nitrogens is 1. The second-order valence-corrected chi connectivity index (χ2v) is 9.98. The zero-order valence-corrected chi connectivity index (χ0v) is 22.6. The van der Waals surface area contributed by atoms with Gasteiger partial charge in [0, 0.05) is 31.2 Å². The summed E-state index contributed by atoms with van der Waals surface area (Å²) in [4.78, 5) is 68.5. The quantitative estimate of drug-likeness (QED) is 0.118. The number of aromatic hydroxyl groups is 1. The van der Waals surface area contributed by atoms with Crippen molar-refractivity contribution in [1.82, 2.24) is 25.9 Å². The Morgan fingerprint density at radius 1 is 0.925 bits per heavy atom. The van der Waals surface area contributed by atoms with Gasteiger partial charge in [0.15, 0.2) is 0 Å². The molecule has 40 heavy (non-hydrogen) atoms. The summed E-state index contributed by atoms with van der Waals surface area (Å²) in [5.74, 6) is -4.11. The maximum absolute atomic E-state index is 13.2. The zero-order valence-electron chi connectivity index (χ0n) is 21.8. The van der Waals surface area contributed by atoms with Gasteiger partial charge in [0.2, 0.25) is 17.7 Å². The number of benzene rings is 1. The normalized spacial score (nSPS) is 13.8. The Morgan fingerprint density at radius 3 is 2.12 bits per heavy atom. The highest BCUT2D eigenvalue weighted by atomic mass is 32.2. The molecule has 14 nitrogen and oxygen atoms in total. The topological polar surface area (TPSA) is 237 Å². The van der Waals surface area contributed by atoms with Gasteiger partial charge in [-0.25, -0.2) is 9.78 Å². The summed E-state index contributed by atoms with van der Waals surface area (Å²) in [5, 5.41) is 35.6. The van der Waals surface area contributed by atoms with E-state index in [2.05, 4.69) is 25.9 Å². The first-order valence-corrected chi connectivity index (χ1v) is 13.7. The Balaban J connectivity index is 2.18. The highest BCUT2D eigenvalue weighted by Gasteiger charge is 2.31. The van der Waals surface area contributed by atoms with Gasteiger partial charge >= 0.3 is 11.9 Å². The molecule has 1 aromatic carbocycles. The molecule has 218 valence electrons. The van der Waals surface area contributed by atoms with Crippen LogP contribution in [-0.4, -0.2) is 91.1 Å². The number of carbonyl (C=O) groups excluding carboxylic acids is 3. The number of hydrogen-bond acceptors (Lipinski definition) is 9. The van der Waals surface area contributed by atoms with Crippen molar-refractivity contribution in [3.63, 3.8) is 0 Å². The van der Waals surface area contributed by atoms with E-state index < -0.39 is 53.8 Å². The predicted octanol–water partition coefficient (Wildman–Crippen LogP) is -0.615. The van der Waals surface area contributed by atoms with Crippen LogP contribution < -0.4 is 21.7 Å². The largest absolute Gasteiger partial charge is 0.508 e. The van der Waals surface area contributed by atoms with Gasteiger partial charge in [-0.15, -0.1) is 0 Å². The first kappa shape index (κ1) is 32.1. The summed E-state index contributed by atoms with van der Waals surface area (Å²) in [6.45, 7) is 0. The molecule has 0 saturated carbocycles. The Labute approximate surface area is 234 Å². The molecule has 4 unspecified atom stereocenters. The summed E-state index contributed by atoms with van der Waals surface area (Å²) in [6.07, 6.45) is 4.27. The van der Waals surface area contributed by atoms with Crippen molar-refractivity contribution < 1.29 is 39.3 Å². The van der Waals surface area contributed by atoms with Crippen LogP contribution in [-0.2, 0) is 36.8 Å². The Kier molecular flexibility index (Phi) is 12.9. The van der Waals surface area contributed by atoms with Gasteiger partial charge < -0.3 is 42.0 Å². The maximum Gasteiger partial charge on any atom is 0.326 e. The monoisotopic (exact) mass is 578 g/mol. The lowest BCUT2D eigenvalue weighted by Crippen LogP contribution is -2.58. The third kappa shape index (κ3) is 10.9. The van der Waals surface area contributed by atoms with Gasteiger partial charge in [0.05, 0.1) is 12.4 Å². The van der Waals surface area contributed by atoms with Crippen LogP contribution in [0.15, 0.2) is 36.8 Å². The van der Waals surface area contributed by atoms with Crippen molar-refractivity contribution in [2.45, 2.75) is 56.3 Å². The number of phenols is 1. The molecule has 15 heteroatoms. The van der Waals surface area contributed by atoms with Crippen molar-refractivity contribution in [1.29, 1.82) is 0 Å². The number of nitrogens with zero attached hydrogens (tertiary/aromatic N) is 1. The molecule has 0 saturated heterocycles. The standard InChI is InChI=1S/C25H34N6O8S/c1-40-9-8-18(29-22(35)17(26)6-7-21(33)34)23(36)30-19(11-15-12-27-13-28-15)24(37)31-20(25(38)39)10-14-2-4-16(32)5-3-14/h2-5,12-13,17-20,32H,6-11,26H2,1H3,(H,27,28)(H,29,35)(H,30,36)(H,31,37)(H,33,34)(H,38,39). The van der Waals surface area contributed by atoms with E-state index in [1.54, 1.807) is 0 Å². The lowest BCUT2D eigenvalue weighted by Gasteiger charge is -2.25. The minimum atomic E-state index is -1.34. The number of nitrogens with two attached hydrogens (primary N) is 1. The van der Waals surface area contributed by atoms with E-state index in [1.807, 2.05) is 6.26 Å². The molecule has 0 fully saturated rings. The summed E-state index contributed by atoms with van der Waals surface area (Å²) < 4.78 is 0. The smallest absolute Gasteiger partial charge is 0.326 e. The van der Waals surface area contributed by atoms with Crippen molar-refractivity contribution in [2.24, 2.45) is 5.73 Å². The van der Waals surface area contributed by atoms with Crippen LogP contribution in [0.1, 0.15) is 30.5 Å². The van der Waals surface area contributed by atoms with Crippen molar-refractivity contribution in [2.75, 3.05) is 12.0 Å². The molecule has 0 aliphatic carbocycles. The number of nitrogens with one attached hydrogen (secondary N) is 4. The van der Waals surface area contributed by atoms with Gasteiger partial charge in [-0.05, 0) is 42.5 Å². The molecular formula is C25H34N6O8S. The number of rotatable bonds is 17. The van der Waals surface area contributed by atoms with Gasteiger partial charge in [-0.2, -0.15) is 11.8 Å².